The molecule has 1 atom stereocenters. The monoisotopic (exact) mass is 564 g/mol. The fraction of sp³-hybridized carbons (Fsp3) is 0.361. The summed E-state index contributed by atoms with van der Waals surface area (Å²) in [6.07, 6.45) is 5.36. The summed E-state index contributed by atoms with van der Waals surface area (Å²) in [4.78, 5) is 32.0. The van der Waals surface area contributed by atoms with E-state index in [1.54, 1.807) is 7.05 Å². The maximum absolute atomic E-state index is 13.8. The molecular weight excluding hydrogens is 524 g/mol. The lowest BCUT2D eigenvalue weighted by atomic mass is 9.87. The van der Waals surface area contributed by atoms with Gasteiger partial charge in [0.05, 0.1) is 12.5 Å². The molecule has 6 nitrogen and oxygen atoms in total. The minimum Gasteiger partial charge on any atom is -0.481 e. The van der Waals surface area contributed by atoms with Gasteiger partial charge in [0, 0.05) is 18.1 Å². The topological polar surface area (TPSA) is 79.7 Å². The Labute approximate surface area is 248 Å². The molecule has 1 saturated carbocycles. The van der Waals surface area contributed by atoms with Crippen molar-refractivity contribution >= 4 is 22.6 Å². The zero-order chi connectivity index (χ0) is 29.9. The van der Waals surface area contributed by atoms with E-state index in [4.69, 9.17) is 9.72 Å². The first-order valence-electron chi connectivity index (χ1n) is 14.8. The number of pyridine rings is 1. The van der Waals surface area contributed by atoms with E-state index in [2.05, 4.69) is 32.9 Å². The van der Waals surface area contributed by atoms with Gasteiger partial charge in [-0.15, -0.1) is 0 Å². The van der Waals surface area contributed by atoms with Gasteiger partial charge in [0.2, 0.25) is 0 Å². The van der Waals surface area contributed by atoms with Crippen molar-refractivity contribution in [3.05, 3.63) is 101 Å². The standard InChI is InChI=1S/C36H40N2O4/c1-36(2,3)27-15-18-28(19-16-27)42-29-17-14-26-21-32(37-31(30(26)22-29)20-24-10-8-9-11-24)35(41)38(4)33(23-34(39)40)25-12-6-5-7-13-25/h5-7,12-19,21-22,24,33H,8-11,20,23H2,1-4H3,(H,39,40). The number of aliphatic carboxylic acids is 1. The number of carbonyl (C=O) groups excluding carboxylic acids is 1. The second kappa shape index (κ2) is 12.4. The number of carboxylic acids is 1. The van der Waals surface area contributed by atoms with Crippen LogP contribution >= 0.6 is 0 Å². The third-order valence-corrected chi connectivity index (χ3v) is 8.36. The summed E-state index contributed by atoms with van der Waals surface area (Å²) in [5.41, 5.74) is 3.31. The molecule has 5 rings (SSSR count). The van der Waals surface area contributed by atoms with Gasteiger partial charge in [-0.1, -0.05) is 95.0 Å². The van der Waals surface area contributed by atoms with Crippen molar-refractivity contribution < 1.29 is 19.4 Å². The fourth-order valence-electron chi connectivity index (χ4n) is 5.91. The lowest BCUT2D eigenvalue weighted by Crippen LogP contribution is -2.33. The van der Waals surface area contributed by atoms with Gasteiger partial charge in [0.15, 0.2) is 0 Å². The van der Waals surface area contributed by atoms with Gasteiger partial charge in [-0.05, 0) is 64.6 Å². The molecule has 1 amide bonds. The van der Waals surface area contributed by atoms with Crippen LogP contribution < -0.4 is 4.74 Å². The molecule has 1 aliphatic rings. The highest BCUT2D eigenvalue weighted by Crippen LogP contribution is 2.34. The number of fused-ring (bicyclic) bond motifs is 1. The summed E-state index contributed by atoms with van der Waals surface area (Å²) in [6.45, 7) is 6.57. The van der Waals surface area contributed by atoms with Crippen molar-refractivity contribution in [2.24, 2.45) is 5.92 Å². The van der Waals surface area contributed by atoms with Crippen molar-refractivity contribution in [1.29, 1.82) is 0 Å². The van der Waals surface area contributed by atoms with Crippen molar-refractivity contribution in [2.45, 2.75) is 70.8 Å². The number of ether oxygens (including phenoxy) is 1. The summed E-state index contributed by atoms with van der Waals surface area (Å²) in [5.74, 6) is 0.771. The number of hydrogen-bond acceptors (Lipinski definition) is 4. The van der Waals surface area contributed by atoms with E-state index < -0.39 is 12.0 Å². The van der Waals surface area contributed by atoms with E-state index in [0.29, 0.717) is 11.6 Å². The van der Waals surface area contributed by atoms with Gasteiger partial charge in [-0.3, -0.25) is 9.59 Å². The highest BCUT2D eigenvalue weighted by atomic mass is 16.5. The van der Waals surface area contributed by atoms with Crippen LogP contribution in [-0.2, 0) is 16.6 Å². The molecule has 6 heteroatoms. The van der Waals surface area contributed by atoms with Gasteiger partial charge in [0.25, 0.3) is 5.91 Å². The molecular formula is C36H40N2O4. The van der Waals surface area contributed by atoms with E-state index in [9.17, 15) is 14.7 Å². The zero-order valence-electron chi connectivity index (χ0n) is 25.0. The molecule has 0 radical (unpaired) electrons. The van der Waals surface area contributed by atoms with E-state index in [0.717, 1.165) is 52.8 Å². The van der Waals surface area contributed by atoms with Crippen LogP contribution in [0.25, 0.3) is 10.8 Å². The molecule has 4 aromatic rings. The minimum absolute atomic E-state index is 0.0697. The van der Waals surface area contributed by atoms with Gasteiger partial charge in [-0.2, -0.15) is 0 Å². The molecule has 1 aliphatic carbocycles. The van der Waals surface area contributed by atoms with E-state index in [-0.39, 0.29) is 17.7 Å². The Morgan fingerprint density at radius 1 is 0.952 bits per heavy atom. The molecule has 1 aromatic heterocycles. The molecule has 0 spiro atoms. The quantitative estimate of drug-likeness (QED) is 0.221. The van der Waals surface area contributed by atoms with E-state index >= 15 is 0 Å². The summed E-state index contributed by atoms with van der Waals surface area (Å²) >= 11 is 0. The SMILES string of the molecule is CN(C(=O)c1cc2ccc(Oc3ccc(C(C)(C)C)cc3)cc2c(CC2CCCC2)n1)C(CC(=O)O)c1ccccc1. The molecule has 42 heavy (non-hydrogen) atoms. The van der Waals surface area contributed by atoms with Gasteiger partial charge >= 0.3 is 5.97 Å². The Balaban J connectivity index is 1.48. The predicted octanol–water partition coefficient (Wildman–Crippen LogP) is 8.35. The highest BCUT2D eigenvalue weighted by Gasteiger charge is 2.27. The first-order valence-corrected chi connectivity index (χ1v) is 14.8. The third kappa shape index (κ3) is 6.81. The minimum atomic E-state index is -0.961. The normalized spacial score (nSPS) is 14.6. The Bertz CT molecular complexity index is 1550. The fourth-order valence-corrected chi connectivity index (χ4v) is 5.91. The molecule has 1 unspecified atom stereocenters. The lowest BCUT2D eigenvalue weighted by Gasteiger charge is -2.27. The molecule has 0 aliphatic heterocycles. The molecule has 1 N–H and O–H groups in total. The molecule has 0 bridgehead atoms. The van der Waals surface area contributed by atoms with Crippen LogP contribution in [0.15, 0.2) is 78.9 Å². The first-order chi connectivity index (χ1) is 20.1. The maximum Gasteiger partial charge on any atom is 0.305 e. The van der Waals surface area contributed by atoms with Gasteiger partial charge in [-0.25, -0.2) is 4.98 Å². The van der Waals surface area contributed by atoms with E-state index in [1.807, 2.05) is 66.7 Å². The van der Waals surface area contributed by atoms with Crippen LogP contribution in [0.4, 0.5) is 0 Å². The van der Waals surface area contributed by atoms with Crippen molar-refractivity contribution in [2.75, 3.05) is 7.05 Å². The second-order valence-corrected chi connectivity index (χ2v) is 12.5. The smallest absolute Gasteiger partial charge is 0.305 e. The van der Waals surface area contributed by atoms with Crippen molar-refractivity contribution in [3.63, 3.8) is 0 Å². The molecule has 0 saturated heterocycles. The predicted molar refractivity (Wildman–Crippen MR) is 166 cm³/mol. The number of aromatic nitrogens is 1. The molecule has 1 fully saturated rings. The van der Waals surface area contributed by atoms with Crippen LogP contribution in [0.3, 0.4) is 0 Å². The Kier molecular flexibility index (Phi) is 8.62. The Morgan fingerprint density at radius 2 is 1.62 bits per heavy atom. The van der Waals surface area contributed by atoms with Gasteiger partial charge < -0.3 is 14.7 Å². The largest absolute Gasteiger partial charge is 0.481 e. The maximum atomic E-state index is 13.8. The first kappa shape index (κ1) is 29.3. The number of rotatable bonds is 9. The third-order valence-electron chi connectivity index (χ3n) is 8.36. The lowest BCUT2D eigenvalue weighted by molar-refractivity contribution is -0.138. The number of nitrogens with zero attached hydrogens (tertiary/aromatic N) is 2. The molecule has 3 aromatic carbocycles. The van der Waals surface area contributed by atoms with Crippen LogP contribution in [-0.4, -0.2) is 33.9 Å². The zero-order valence-corrected chi connectivity index (χ0v) is 25.0. The highest BCUT2D eigenvalue weighted by molar-refractivity contribution is 5.98. The molecule has 218 valence electrons. The number of amides is 1. The average Bonchev–Trinajstić information content (AvgIpc) is 3.48. The summed E-state index contributed by atoms with van der Waals surface area (Å²) in [7, 11) is 1.66. The van der Waals surface area contributed by atoms with Gasteiger partial charge in [0.1, 0.15) is 17.2 Å². The second-order valence-electron chi connectivity index (χ2n) is 12.5. The Hall–Kier alpha value is -4.19. The van der Waals surface area contributed by atoms with E-state index in [1.165, 1.54) is 23.3 Å². The number of benzene rings is 3. The number of hydrogen-bond donors (Lipinski definition) is 1. The van der Waals surface area contributed by atoms with Crippen molar-refractivity contribution in [1.82, 2.24) is 9.88 Å². The summed E-state index contributed by atoms with van der Waals surface area (Å²) in [5, 5.41) is 11.5. The molecule has 1 heterocycles. The van der Waals surface area contributed by atoms with Crippen molar-refractivity contribution in [3.8, 4) is 11.5 Å². The van der Waals surface area contributed by atoms with Crippen LogP contribution in [0.2, 0.25) is 0 Å². The summed E-state index contributed by atoms with van der Waals surface area (Å²) < 4.78 is 6.25. The summed E-state index contributed by atoms with van der Waals surface area (Å²) in [6, 6.07) is 24.7. The van der Waals surface area contributed by atoms with Crippen LogP contribution in [0, 0.1) is 5.92 Å². The number of carbonyl (C=O) groups is 2. The van der Waals surface area contributed by atoms with Crippen LogP contribution in [0.1, 0.15) is 86.2 Å². The van der Waals surface area contributed by atoms with Crippen LogP contribution in [0.5, 0.6) is 11.5 Å². The average molecular weight is 565 g/mol. The number of carboxylic acid groups (broad SMARTS) is 1. The Morgan fingerprint density at radius 3 is 2.26 bits per heavy atom.